The van der Waals surface area contributed by atoms with Crippen LogP contribution in [-0.2, 0) is 12.3 Å². The molecule has 0 bridgehead atoms. The topological polar surface area (TPSA) is 12.9 Å². The van der Waals surface area contributed by atoms with Crippen molar-refractivity contribution >= 4 is 33.2 Å². The number of rotatable bonds is 4. The Morgan fingerprint density at radius 2 is 1.95 bits per heavy atom. The molecule has 0 atom stereocenters. The van der Waals surface area contributed by atoms with Gasteiger partial charge in [-0.2, -0.15) is 0 Å². The molecule has 0 fully saturated rings. The first-order valence-electron chi connectivity index (χ1n) is 6.84. The minimum atomic E-state index is 0.564. The van der Waals surface area contributed by atoms with Gasteiger partial charge in [-0.25, -0.2) is 0 Å². The largest absolute Gasteiger partial charge is 0.255 e. The molecule has 3 rings (SSSR count). The van der Waals surface area contributed by atoms with E-state index in [1.165, 1.54) is 20.7 Å². The zero-order valence-corrected chi connectivity index (χ0v) is 13.0. The second-order valence-corrected chi connectivity index (χ2v) is 6.20. The number of fused-ring (bicyclic) bond motifs is 1. The average Bonchev–Trinajstić information content (AvgIpc) is 2.93. The van der Waals surface area contributed by atoms with Crippen molar-refractivity contribution in [2.24, 2.45) is 0 Å². The molecule has 0 unspecified atom stereocenters. The van der Waals surface area contributed by atoms with Gasteiger partial charge in [0.1, 0.15) is 0 Å². The van der Waals surface area contributed by atoms with E-state index in [-0.39, 0.29) is 0 Å². The fourth-order valence-corrected chi connectivity index (χ4v) is 3.70. The summed E-state index contributed by atoms with van der Waals surface area (Å²) < 4.78 is 1.32. The summed E-state index contributed by atoms with van der Waals surface area (Å²) >= 11 is 7.67. The van der Waals surface area contributed by atoms with Crippen molar-refractivity contribution in [3.05, 3.63) is 53.7 Å². The van der Waals surface area contributed by atoms with E-state index in [4.69, 9.17) is 11.6 Å². The third-order valence-corrected chi connectivity index (χ3v) is 4.96. The molecule has 1 nitrogen and oxygen atoms in total. The maximum absolute atomic E-state index is 5.84. The molecular weight excluding hydrogens is 286 g/mol. The Bertz CT molecular complexity index is 715. The van der Waals surface area contributed by atoms with Gasteiger partial charge in [0.15, 0.2) is 0 Å². The Hall–Kier alpha value is -1.38. The Morgan fingerprint density at radius 1 is 1.15 bits per heavy atom. The molecule has 0 spiro atoms. The lowest BCUT2D eigenvalue weighted by Gasteiger charge is -1.99. The number of hydrogen-bond donors (Lipinski definition) is 0. The highest BCUT2D eigenvalue weighted by molar-refractivity contribution is 7.22. The lowest BCUT2D eigenvalue weighted by atomic mass is 10.1. The number of benzene rings is 1. The highest BCUT2D eigenvalue weighted by Gasteiger charge is 2.08. The number of pyridine rings is 1. The fraction of sp³-hybridized carbons (Fsp3) is 0.235. The van der Waals surface area contributed by atoms with Crippen molar-refractivity contribution in [1.29, 1.82) is 0 Å². The van der Waals surface area contributed by atoms with Gasteiger partial charge in [-0.15, -0.1) is 22.9 Å². The molecule has 0 saturated heterocycles. The van der Waals surface area contributed by atoms with E-state index in [9.17, 15) is 0 Å². The molecule has 20 heavy (non-hydrogen) atoms. The minimum Gasteiger partial charge on any atom is -0.255 e. The van der Waals surface area contributed by atoms with Crippen LogP contribution >= 0.6 is 22.9 Å². The molecule has 1 aromatic carbocycles. The third-order valence-electron chi connectivity index (χ3n) is 3.41. The number of aryl methyl sites for hydroxylation is 1. The standard InChI is InChI=1S/C17H16ClNS/c1-2-3-14-8-9-19-15-10-16(20-17(14)15)13-6-4-12(11-18)5-7-13/h4-10H,2-3,11H2,1H3. The Balaban J connectivity index is 2.05. The highest BCUT2D eigenvalue weighted by Crippen LogP contribution is 2.34. The molecule has 3 heteroatoms. The Morgan fingerprint density at radius 3 is 2.65 bits per heavy atom. The van der Waals surface area contributed by atoms with Crippen molar-refractivity contribution in [2.75, 3.05) is 0 Å². The van der Waals surface area contributed by atoms with Crippen LogP contribution in [0.1, 0.15) is 24.5 Å². The highest BCUT2D eigenvalue weighted by atomic mass is 35.5. The third kappa shape index (κ3) is 2.58. The molecule has 0 aliphatic rings. The number of thiophene rings is 1. The van der Waals surface area contributed by atoms with E-state index < -0.39 is 0 Å². The quantitative estimate of drug-likeness (QED) is 0.567. The van der Waals surface area contributed by atoms with E-state index in [1.807, 2.05) is 17.5 Å². The second kappa shape index (κ2) is 5.94. The van der Waals surface area contributed by atoms with Crippen molar-refractivity contribution in [2.45, 2.75) is 25.6 Å². The maximum Gasteiger partial charge on any atom is 0.0818 e. The summed E-state index contributed by atoms with van der Waals surface area (Å²) in [4.78, 5) is 5.77. The summed E-state index contributed by atoms with van der Waals surface area (Å²) in [7, 11) is 0. The monoisotopic (exact) mass is 301 g/mol. The second-order valence-electron chi connectivity index (χ2n) is 4.88. The average molecular weight is 302 g/mol. The summed E-state index contributed by atoms with van der Waals surface area (Å²) in [5.74, 6) is 0.564. The SMILES string of the molecule is CCCc1ccnc2cc(-c3ccc(CCl)cc3)sc12. The predicted octanol–water partition coefficient (Wildman–Crippen LogP) is 5.65. The maximum atomic E-state index is 5.84. The minimum absolute atomic E-state index is 0.564. The van der Waals surface area contributed by atoms with Crippen molar-refractivity contribution in [1.82, 2.24) is 4.98 Å². The van der Waals surface area contributed by atoms with Crippen LogP contribution in [0.15, 0.2) is 42.6 Å². The van der Waals surface area contributed by atoms with E-state index >= 15 is 0 Å². The first kappa shape index (κ1) is 13.6. The van der Waals surface area contributed by atoms with E-state index in [2.05, 4.69) is 48.3 Å². The van der Waals surface area contributed by atoms with Gasteiger partial charge in [0.2, 0.25) is 0 Å². The summed E-state index contributed by atoms with van der Waals surface area (Å²) in [5, 5.41) is 0. The summed E-state index contributed by atoms with van der Waals surface area (Å²) in [6, 6.07) is 12.8. The number of nitrogens with zero attached hydrogens (tertiary/aromatic N) is 1. The van der Waals surface area contributed by atoms with Crippen LogP contribution in [0.4, 0.5) is 0 Å². The van der Waals surface area contributed by atoms with Crippen LogP contribution < -0.4 is 0 Å². The van der Waals surface area contributed by atoms with Crippen LogP contribution in [0.3, 0.4) is 0 Å². The van der Waals surface area contributed by atoms with Crippen LogP contribution in [0.2, 0.25) is 0 Å². The van der Waals surface area contributed by atoms with Gasteiger partial charge in [-0.05, 0) is 35.2 Å². The van der Waals surface area contributed by atoms with E-state index in [0.29, 0.717) is 5.88 Å². The molecule has 0 aliphatic carbocycles. The fourth-order valence-electron chi connectivity index (χ4n) is 2.36. The molecule has 102 valence electrons. The van der Waals surface area contributed by atoms with Gasteiger partial charge < -0.3 is 0 Å². The number of hydrogen-bond acceptors (Lipinski definition) is 2. The zero-order chi connectivity index (χ0) is 13.9. The first-order valence-corrected chi connectivity index (χ1v) is 8.19. The van der Waals surface area contributed by atoms with Gasteiger partial charge in [0, 0.05) is 17.0 Å². The molecule has 2 heterocycles. The van der Waals surface area contributed by atoms with Gasteiger partial charge in [-0.3, -0.25) is 4.98 Å². The molecule has 0 amide bonds. The molecule has 0 radical (unpaired) electrons. The molecular formula is C17H16ClNS. The molecule has 3 aromatic rings. The lowest BCUT2D eigenvalue weighted by Crippen LogP contribution is -1.83. The number of aromatic nitrogens is 1. The van der Waals surface area contributed by atoms with Crippen LogP contribution in [-0.4, -0.2) is 4.98 Å². The summed E-state index contributed by atoms with van der Waals surface area (Å²) in [6.07, 6.45) is 4.20. The Kier molecular flexibility index (Phi) is 4.04. The number of alkyl halides is 1. The molecule has 0 aliphatic heterocycles. The van der Waals surface area contributed by atoms with E-state index in [0.717, 1.165) is 23.9 Å². The van der Waals surface area contributed by atoms with Crippen molar-refractivity contribution in [3.63, 3.8) is 0 Å². The van der Waals surface area contributed by atoms with Crippen molar-refractivity contribution in [3.8, 4) is 10.4 Å². The Labute approximate surface area is 128 Å². The van der Waals surface area contributed by atoms with Gasteiger partial charge >= 0.3 is 0 Å². The smallest absolute Gasteiger partial charge is 0.0818 e. The van der Waals surface area contributed by atoms with Crippen LogP contribution in [0, 0.1) is 0 Å². The molecule has 0 N–H and O–H groups in total. The molecule has 2 aromatic heterocycles. The summed E-state index contributed by atoms with van der Waals surface area (Å²) in [6.45, 7) is 2.21. The zero-order valence-electron chi connectivity index (χ0n) is 11.4. The normalized spacial score (nSPS) is 11.1. The summed E-state index contributed by atoms with van der Waals surface area (Å²) in [5.41, 5.74) is 4.91. The van der Waals surface area contributed by atoms with Gasteiger partial charge in [0.05, 0.1) is 10.2 Å². The van der Waals surface area contributed by atoms with Gasteiger partial charge in [-0.1, -0.05) is 37.6 Å². The van der Waals surface area contributed by atoms with Crippen molar-refractivity contribution < 1.29 is 0 Å². The predicted molar refractivity (Wildman–Crippen MR) is 88.6 cm³/mol. The van der Waals surface area contributed by atoms with Crippen LogP contribution in [0.5, 0.6) is 0 Å². The molecule has 0 saturated carbocycles. The lowest BCUT2D eigenvalue weighted by molar-refractivity contribution is 0.929. The number of halogens is 1. The van der Waals surface area contributed by atoms with Crippen LogP contribution in [0.25, 0.3) is 20.7 Å². The van der Waals surface area contributed by atoms with E-state index in [1.54, 1.807) is 0 Å². The van der Waals surface area contributed by atoms with Gasteiger partial charge in [0.25, 0.3) is 0 Å². The first-order chi connectivity index (χ1) is 9.81.